The molecule has 33 heavy (non-hydrogen) atoms. The van der Waals surface area contributed by atoms with Crippen molar-refractivity contribution in [2.24, 2.45) is 7.05 Å². The Morgan fingerprint density at radius 2 is 2.03 bits per heavy atom. The van der Waals surface area contributed by atoms with Gasteiger partial charge in [-0.3, -0.25) is 4.79 Å². The lowest BCUT2D eigenvalue weighted by molar-refractivity contribution is 0.0950. The molecule has 4 aromatic rings. The lowest BCUT2D eigenvalue weighted by Crippen LogP contribution is -2.23. The number of benzene rings is 2. The van der Waals surface area contributed by atoms with Gasteiger partial charge in [-0.2, -0.15) is 0 Å². The Hall–Kier alpha value is -4.58. The molecule has 0 saturated heterocycles. The van der Waals surface area contributed by atoms with Gasteiger partial charge in [0, 0.05) is 42.2 Å². The standard InChI is InChI=1S/C24H20FN7O/c1-3-16-7-8-18(20(25)11-16)13-28-24(33)17-5-4-6-19(12-17)27-14-22-30-31-23(32(22)2)21-9-10-26-15-29-21/h1,4-12,15,27H,13-14H2,2H3,(H,28,33). The third-order valence-corrected chi connectivity index (χ3v) is 5.01. The van der Waals surface area contributed by atoms with Crippen molar-refractivity contribution < 1.29 is 9.18 Å². The van der Waals surface area contributed by atoms with Crippen molar-refractivity contribution in [3.8, 4) is 23.9 Å². The highest BCUT2D eigenvalue weighted by atomic mass is 19.1. The minimum atomic E-state index is -0.453. The van der Waals surface area contributed by atoms with Crippen LogP contribution < -0.4 is 10.6 Å². The molecule has 0 aliphatic rings. The van der Waals surface area contributed by atoms with Gasteiger partial charge in [-0.25, -0.2) is 14.4 Å². The van der Waals surface area contributed by atoms with E-state index in [2.05, 4.69) is 36.7 Å². The molecule has 2 N–H and O–H groups in total. The number of nitrogens with one attached hydrogen (secondary N) is 2. The smallest absolute Gasteiger partial charge is 0.251 e. The summed E-state index contributed by atoms with van der Waals surface area (Å²) in [5.74, 6) is 2.94. The molecule has 2 heterocycles. The monoisotopic (exact) mass is 441 g/mol. The summed E-state index contributed by atoms with van der Waals surface area (Å²) in [6, 6.07) is 13.3. The number of carbonyl (C=O) groups excluding carboxylic acids is 1. The third kappa shape index (κ3) is 5.02. The van der Waals surface area contributed by atoms with Gasteiger partial charge in [0.25, 0.3) is 5.91 Å². The SMILES string of the molecule is C#Cc1ccc(CNC(=O)c2cccc(NCc3nnc(-c4ccncn4)n3C)c2)c(F)c1. The minimum Gasteiger partial charge on any atom is -0.378 e. The number of anilines is 1. The molecule has 1 amide bonds. The summed E-state index contributed by atoms with van der Waals surface area (Å²) in [7, 11) is 1.85. The number of amides is 1. The summed E-state index contributed by atoms with van der Waals surface area (Å²) in [5.41, 5.74) is 2.67. The van der Waals surface area contributed by atoms with E-state index in [-0.39, 0.29) is 12.5 Å². The average molecular weight is 441 g/mol. The normalized spacial score (nSPS) is 10.5. The second-order valence-corrected chi connectivity index (χ2v) is 7.16. The molecule has 0 atom stereocenters. The van der Waals surface area contributed by atoms with Gasteiger partial charge >= 0.3 is 0 Å². The van der Waals surface area contributed by atoms with Gasteiger partial charge in [-0.15, -0.1) is 16.6 Å². The van der Waals surface area contributed by atoms with E-state index in [1.165, 1.54) is 12.4 Å². The number of hydrogen-bond donors (Lipinski definition) is 2. The van der Waals surface area contributed by atoms with E-state index in [0.29, 0.717) is 40.6 Å². The van der Waals surface area contributed by atoms with Crippen LogP contribution in [0.15, 0.2) is 61.1 Å². The molecular weight excluding hydrogens is 421 g/mol. The predicted octanol–water partition coefficient (Wildman–Crippen LogP) is 2.93. The van der Waals surface area contributed by atoms with Crippen molar-refractivity contribution in [3.05, 3.63) is 89.4 Å². The third-order valence-electron chi connectivity index (χ3n) is 5.01. The molecule has 0 aliphatic carbocycles. The van der Waals surface area contributed by atoms with Crippen LogP contribution in [-0.2, 0) is 20.1 Å². The number of hydrogen-bond acceptors (Lipinski definition) is 6. The van der Waals surface area contributed by atoms with E-state index in [1.807, 2.05) is 17.7 Å². The zero-order chi connectivity index (χ0) is 23.2. The Kier molecular flexibility index (Phi) is 6.36. The second kappa shape index (κ2) is 9.70. The molecule has 9 heteroatoms. The summed E-state index contributed by atoms with van der Waals surface area (Å²) in [6.45, 7) is 0.449. The number of rotatable bonds is 7. The summed E-state index contributed by atoms with van der Waals surface area (Å²) in [5, 5.41) is 14.4. The second-order valence-electron chi connectivity index (χ2n) is 7.16. The van der Waals surface area contributed by atoms with Crippen molar-refractivity contribution in [1.29, 1.82) is 0 Å². The van der Waals surface area contributed by atoms with Crippen molar-refractivity contribution in [2.45, 2.75) is 13.1 Å². The first-order valence-electron chi connectivity index (χ1n) is 10.1. The zero-order valence-electron chi connectivity index (χ0n) is 17.8. The number of aromatic nitrogens is 5. The van der Waals surface area contributed by atoms with Gasteiger partial charge < -0.3 is 15.2 Å². The first-order chi connectivity index (χ1) is 16.0. The average Bonchev–Trinajstić information content (AvgIpc) is 3.22. The number of halogens is 1. The van der Waals surface area contributed by atoms with Gasteiger partial charge in [0.2, 0.25) is 0 Å². The molecule has 0 saturated carbocycles. The molecule has 0 unspecified atom stereocenters. The van der Waals surface area contributed by atoms with Crippen LogP contribution in [0, 0.1) is 18.2 Å². The van der Waals surface area contributed by atoms with Crippen LogP contribution in [0.25, 0.3) is 11.5 Å². The number of carbonyl (C=O) groups is 1. The van der Waals surface area contributed by atoms with E-state index in [9.17, 15) is 9.18 Å². The maximum absolute atomic E-state index is 14.1. The molecular formula is C24H20FN7O. The predicted molar refractivity (Wildman–Crippen MR) is 121 cm³/mol. The fourth-order valence-corrected chi connectivity index (χ4v) is 3.17. The fraction of sp³-hybridized carbons (Fsp3) is 0.125. The first kappa shape index (κ1) is 21.6. The summed E-state index contributed by atoms with van der Waals surface area (Å²) >= 11 is 0. The Balaban J connectivity index is 1.39. The van der Waals surface area contributed by atoms with Crippen LogP contribution in [0.2, 0.25) is 0 Å². The summed E-state index contributed by atoms with van der Waals surface area (Å²) < 4.78 is 15.9. The highest BCUT2D eigenvalue weighted by molar-refractivity contribution is 5.95. The number of terminal acetylenes is 1. The van der Waals surface area contributed by atoms with E-state index in [1.54, 1.807) is 42.6 Å². The molecule has 0 fully saturated rings. The van der Waals surface area contributed by atoms with Crippen molar-refractivity contribution in [1.82, 2.24) is 30.0 Å². The van der Waals surface area contributed by atoms with E-state index < -0.39 is 5.82 Å². The molecule has 2 aromatic heterocycles. The quantitative estimate of drug-likeness (QED) is 0.428. The van der Waals surface area contributed by atoms with E-state index >= 15 is 0 Å². The largest absolute Gasteiger partial charge is 0.378 e. The molecule has 0 radical (unpaired) electrons. The Bertz CT molecular complexity index is 1330. The molecule has 2 aromatic carbocycles. The lowest BCUT2D eigenvalue weighted by Gasteiger charge is -2.10. The maximum Gasteiger partial charge on any atom is 0.251 e. The summed E-state index contributed by atoms with van der Waals surface area (Å²) in [6.07, 6.45) is 8.38. The Morgan fingerprint density at radius 1 is 1.15 bits per heavy atom. The summed E-state index contributed by atoms with van der Waals surface area (Å²) in [4.78, 5) is 20.7. The van der Waals surface area contributed by atoms with Gasteiger partial charge in [0.15, 0.2) is 11.6 Å². The lowest BCUT2D eigenvalue weighted by atomic mass is 10.1. The molecule has 8 nitrogen and oxygen atoms in total. The fourth-order valence-electron chi connectivity index (χ4n) is 3.17. The molecule has 0 bridgehead atoms. The zero-order valence-corrected chi connectivity index (χ0v) is 17.8. The van der Waals surface area contributed by atoms with Crippen molar-refractivity contribution in [3.63, 3.8) is 0 Å². The molecule has 0 aliphatic heterocycles. The molecule has 4 rings (SSSR count). The van der Waals surface area contributed by atoms with Crippen LogP contribution in [0.1, 0.15) is 27.3 Å². The Morgan fingerprint density at radius 3 is 2.79 bits per heavy atom. The molecule has 0 spiro atoms. The first-order valence-corrected chi connectivity index (χ1v) is 10.1. The van der Waals surface area contributed by atoms with Crippen molar-refractivity contribution >= 4 is 11.6 Å². The van der Waals surface area contributed by atoms with Gasteiger partial charge in [0.1, 0.15) is 17.8 Å². The van der Waals surface area contributed by atoms with Crippen molar-refractivity contribution in [2.75, 3.05) is 5.32 Å². The molecule has 164 valence electrons. The van der Waals surface area contributed by atoms with Crippen LogP contribution in [0.5, 0.6) is 0 Å². The minimum absolute atomic E-state index is 0.0535. The van der Waals surface area contributed by atoms with Crippen LogP contribution in [-0.4, -0.2) is 30.6 Å². The van der Waals surface area contributed by atoms with Crippen LogP contribution >= 0.6 is 0 Å². The van der Waals surface area contributed by atoms with Gasteiger partial charge in [-0.1, -0.05) is 18.1 Å². The van der Waals surface area contributed by atoms with Gasteiger partial charge in [0.05, 0.1) is 6.54 Å². The highest BCUT2D eigenvalue weighted by Crippen LogP contribution is 2.16. The van der Waals surface area contributed by atoms with E-state index in [4.69, 9.17) is 6.42 Å². The van der Waals surface area contributed by atoms with E-state index in [0.717, 1.165) is 5.69 Å². The maximum atomic E-state index is 14.1. The Labute approximate surface area is 189 Å². The highest BCUT2D eigenvalue weighted by Gasteiger charge is 2.12. The van der Waals surface area contributed by atoms with Crippen LogP contribution in [0.4, 0.5) is 10.1 Å². The van der Waals surface area contributed by atoms with Crippen LogP contribution in [0.3, 0.4) is 0 Å². The van der Waals surface area contributed by atoms with Gasteiger partial charge in [-0.05, 0) is 36.4 Å². The topological polar surface area (TPSA) is 97.6 Å². The number of nitrogens with zero attached hydrogens (tertiary/aromatic N) is 5.